The van der Waals surface area contributed by atoms with E-state index in [-0.39, 0.29) is 23.9 Å². The molecule has 1 amide bonds. The highest BCUT2D eigenvalue weighted by Crippen LogP contribution is 2.26. The molecule has 1 saturated carbocycles. The molecule has 18 heavy (non-hydrogen) atoms. The number of aliphatic carboxylic acids is 1. The molecule has 5 nitrogen and oxygen atoms in total. The van der Waals surface area contributed by atoms with Gasteiger partial charge in [-0.15, -0.1) is 0 Å². The SMILES string of the molecule is CC1CCCNC1C(=O)N[C@H]1CC[C@@H](C(=O)O)C1. The maximum atomic E-state index is 12.1. The van der Waals surface area contributed by atoms with Gasteiger partial charge < -0.3 is 15.7 Å². The topological polar surface area (TPSA) is 78.4 Å². The molecule has 0 aromatic rings. The number of hydrogen-bond acceptors (Lipinski definition) is 3. The molecule has 2 fully saturated rings. The molecule has 1 aliphatic carbocycles. The van der Waals surface area contributed by atoms with Crippen LogP contribution in [0.2, 0.25) is 0 Å². The van der Waals surface area contributed by atoms with Crippen LogP contribution in [0.5, 0.6) is 0 Å². The van der Waals surface area contributed by atoms with Gasteiger partial charge in [-0.2, -0.15) is 0 Å². The van der Waals surface area contributed by atoms with Crippen LogP contribution in [0.1, 0.15) is 39.0 Å². The minimum absolute atomic E-state index is 0.0366. The number of amides is 1. The molecule has 0 spiro atoms. The lowest BCUT2D eigenvalue weighted by Crippen LogP contribution is -2.52. The molecular weight excluding hydrogens is 232 g/mol. The first-order valence-corrected chi connectivity index (χ1v) is 6.84. The fourth-order valence-electron chi connectivity index (χ4n) is 3.03. The van der Waals surface area contributed by atoms with Crippen molar-refractivity contribution in [3.05, 3.63) is 0 Å². The summed E-state index contributed by atoms with van der Waals surface area (Å²) < 4.78 is 0. The van der Waals surface area contributed by atoms with Crippen LogP contribution in [0.3, 0.4) is 0 Å². The minimum atomic E-state index is -0.740. The van der Waals surface area contributed by atoms with Crippen LogP contribution in [0.15, 0.2) is 0 Å². The van der Waals surface area contributed by atoms with E-state index in [1.54, 1.807) is 0 Å². The maximum Gasteiger partial charge on any atom is 0.306 e. The molecule has 5 heteroatoms. The Morgan fingerprint density at radius 3 is 2.67 bits per heavy atom. The molecule has 2 rings (SSSR count). The second-order valence-electron chi connectivity index (χ2n) is 5.61. The van der Waals surface area contributed by atoms with E-state index < -0.39 is 5.97 Å². The Hall–Kier alpha value is -1.10. The van der Waals surface area contributed by atoms with Crippen molar-refractivity contribution in [3.63, 3.8) is 0 Å². The van der Waals surface area contributed by atoms with Crippen LogP contribution < -0.4 is 10.6 Å². The van der Waals surface area contributed by atoms with Crippen LogP contribution >= 0.6 is 0 Å². The standard InChI is InChI=1S/C13H22N2O3/c1-8-3-2-6-14-11(8)12(16)15-10-5-4-9(7-10)13(17)18/h8-11,14H,2-7H2,1H3,(H,15,16)(H,17,18)/t8?,9-,10+,11?/m1/s1. The lowest BCUT2D eigenvalue weighted by molar-refractivity contribution is -0.141. The van der Waals surface area contributed by atoms with Gasteiger partial charge >= 0.3 is 5.97 Å². The van der Waals surface area contributed by atoms with Crippen molar-refractivity contribution in [2.24, 2.45) is 11.8 Å². The van der Waals surface area contributed by atoms with Gasteiger partial charge in [-0.3, -0.25) is 9.59 Å². The van der Waals surface area contributed by atoms with Crippen LogP contribution in [-0.2, 0) is 9.59 Å². The third-order valence-corrected chi connectivity index (χ3v) is 4.18. The van der Waals surface area contributed by atoms with E-state index in [0.29, 0.717) is 18.8 Å². The van der Waals surface area contributed by atoms with Crippen molar-refractivity contribution in [2.45, 2.75) is 51.1 Å². The molecular formula is C13H22N2O3. The Labute approximate surface area is 107 Å². The monoisotopic (exact) mass is 254 g/mol. The number of carbonyl (C=O) groups is 2. The molecule has 102 valence electrons. The van der Waals surface area contributed by atoms with Crippen LogP contribution in [0.4, 0.5) is 0 Å². The molecule has 4 atom stereocenters. The van der Waals surface area contributed by atoms with Gasteiger partial charge in [0.25, 0.3) is 0 Å². The van der Waals surface area contributed by atoms with Crippen molar-refractivity contribution < 1.29 is 14.7 Å². The average Bonchev–Trinajstić information content (AvgIpc) is 2.78. The van der Waals surface area contributed by atoms with E-state index in [1.807, 2.05) is 0 Å². The number of piperidine rings is 1. The number of carboxylic acid groups (broad SMARTS) is 1. The third-order valence-electron chi connectivity index (χ3n) is 4.18. The zero-order valence-electron chi connectivity index (χ0n) is 10.8. The predicted molar refractivity (Wildman–Crippen MR) is 67.1 cm³/mol. The van der Waals surface area contributed by atoms with E-state index in [9.17, 15) is 9.59 Å². The number of carbonyl (C=O) groups excluding carboxylic acids is 1. The van der Waals surface area contributed by atoms with Crippen LogP contribution in [0, 0.1) is 11.8 Å². The summed E-state index contributed by atoms with van der Waals surface area (Å²) >= 11 is 0. The zero-order chi connectivity index (χ0) is 13.1. The van der Waals surface area contributed by atoms with Crippen molar-refractivity contribution in [2.75, 3.05) is 6.54 Å². The lowest BCUT2D eigenvalue weighted by atomic mass is 9.92. The predicted octanol–water partition coefficient (Wildman–Crippen LogP) is 0.744. The fourth-order valence-corrected chi connectivity index (χ4v) is 3.03. The second-order valence-corrected chi connectivity index (χ2v) is 5.61. The molecule has 1 heterocycles. The summed E-state index contributed by atoms with van der Waals surface area (Å²) in [5.74, 6) is -0.628. The molecule has 1 saturated heterocycles. The van der Waals surface area contributed by atoms with E-state index in [0.717, 1.165) is 25.8 Å². The maximum absolute atomic E-state index is 12.1. The highest BCUT2D eigenvalue weighted by atomic mass is 16.4. The van der Waals surface area contributed by atoms with Gasteiger partial charge in [-0.05, 0) is 44.6 Å². The lowest BCUT2D eigenvalue weighted by Gasteiger charge is -2.30. The molecule has 0 aromatic heterocycles. The first kappa shape index (κ1) is 13.3. The number of nitrogens with one attached hydrogen (secondary N) is 2. The molecule has 0 aromatic carbocycles. The summed E-state index contributed by atoms with van der Waals surface area (Å²) in [7, 11) is 0. The van der Waals surface area contributed by atoms with E-state index in [4.69, 9.17) is 5.11 Å². The van der Waals surface area contributed by atoms with Gasteiger partial charge in [0.1, 0.15) is 0 Å². The Morgan fingerprint density at radius 1 is 1.28 bits per heavy atom. The molecule has 0 radical (unpaired) electrons. The quantitative estimate of drug-likeness (QED) is 0.694. The summed E-state index contributed by atoms with van der Waals surface area (Å²) in [5, 5.41) is 15.2. The van der Waals surface area contributed by atoms with Gasteiger partial charge in [0, 0.05) is 6.04 Å². The third kappa shape index (κ3) is 3.02. The van der Waals surface area contributed by atoms with E-state index >= 15 is 0 Å². The first-order chi connectivity index (χ1) is 8.58. The van der Waals surface area contributed by atoms with E-state index in [1.165, 1.54) is 0 Å². The number of rotatable bonds is 3. The molecule has 0 bridgehead atoms. The molecule has 3 N–H and O–H groups in total. The summed E-state index contributed by atoms with van der Waals surface area (Å²) in [4.78, 5) is 23.0. The van der Waals surface area contributed by atoms with Gasteiger partial charge in [0.2, 0.25) is 5.91 Å². The Kier molecular flexibility index (Phi) is 4.22. The van der Waals surface area contributed by atoms with Crippen LogP contribution in [0.25, 0.3) is 0 Å². The zero-order valence-corrected chi connectivity index (χ0v) is 10.8. The minimum Gasteiger partial charge on any atom is -0.481 e. The van der Waals surface area contributed by atoms with Crippen molar-refractivity contribution >= 4 is 11.9 Å². The molecule has 1 aliphatic heterocycles. The average molecular weight is 254 g/mol. The fraction of sp³-hybridized carbons (Fsp3) is 0.846. The summed E-state index contributed by atoms with van der Waals surface area (Å²) in [6, 6.07) is -0.0721. The Bertz CT molecular complexity index is 332. The van der Waals surface area contributed by atoms with Gasteiger partial charge in [0.15, 0.2) is 0 Å². The largest absolute Gasteiger partial charge is 0.481 e. The Morgan fingerprint density at radius 2 is 2.06 bits per heavy atom. The number of carboxylic acids is 1. The normalized spacial score (nSPS) is 36.3. The van der Waals surface area contributed by atoms with Crippen LogP contribution in [-0.4, -0.2) is 35.6 Å². The summed E-state index contributed by atoms with van der Waals surface area (Å²) in [6.07, 6.45) is 4.23. The van der Waals surface area contributed by atoms with Crippen molar-refractivity contribution in [3.8, 4) is 0 Å². The smallest absolute Gasteiger partial charge is 0.306 e. The van der Waals surface area contributed by atoms with E-state index in [2.05, 4.69) is 17.6 Å². The second kappa shape index (κ2) is 5.69. The molecule has 2 unspecified atom stereocenters. The van der Waals surface area contributed by atoms with Crippen molar-refractivity contribution in [1.29, 1.82) is 0 Å². The summed E-state index contributed by atoms with van der Waals surface area (Å²) in [5.41, 5.74) is 0. The highest BCUT2D eigenvalue weighted by molar-refractivity contribution is 5.82. The van der Waals surface area contributed by atoms with Crippen molar-refractivity contribution in [1.82, 2.24) is 10.6 Å². The Balaban J connectivity index is 1.82. The highest BCUT2D eigenvalue weighted by Gasteiger charge is 2.33. The van der Waals surface area contributed by atoms with Gasteiger partial charge in [0.05, 0.1) is 12.0 Å². The number of hydrogen-bond donors (Lipinski definition) is 3. The first-order valence-electron chi connectivity index (χ1n) is 6.84. The van der Waals surface area contributed by atoms with Gasteiger partial charge in [-0.25, -0.2) is 0 Å². The van der Waals surface area contributed by atoms with Gasteiger partial charge in [-0.1, -0.05) is 6.92 Å². The molecule has 2 aliphatic rings. The summed E-state index contributed by atoms with van der Waals surface area (Å²) in [6.45, 7) is 2.98.